The molecule has 2 N–H and O–H groups in total. The van der Waals surface area contributed by atoms with E-state index in [1.807, 2.05) is 16.8 Å². The van der Waals surface area contributed by atoms with Crippen molar-refractivity contribution in [1.82, 2.24) is 0 Å². The summed E-state index contributed by atoms with van der Waals surface area (Å²) in [4.78, 5) is 12.5. The van der Waals surface area contributed by atoms with Crippen LogP contribution in [0.3, 0.4) is 0 Å². The van der Waals surface area contributed by atoms with Crippen molar-refractivity contribution >= 4 is 38.6 Å². The number of carbonyl (C=O) groups is 1. The minimum Gasteiger partial charge on any atom is -0.308 e. The lowest BCUT2D eigenvalue weighted by atomic mass is 10.1. The van der Waals surface area contributed by atoms with Crippen molar-refractivity contribution in [2.24, 2.45) is 0 Å². The van der Waals surface area contributed by atoms with Crippen molar-refractivity contribution in [3.63, 3.8) is 0 Å². The Balaban J connectivity index is 1.91. The van der Waals surface area contributed by atoms with Gasteiger partial charge in [-0.15, -0.1) is 0 Å². The molecule has 0 saturated carbocycles. The average molecular weight is 454 g/mol. The third kappa shape index (κ3) is 5.00. The van der Waals surface area contributed by atoms with Gasteiger partial charge in [-0.3, -0.25) is 0 Å². The van der Waals surface area contributed by atoms with Gasteiger partial charge in [-0.2, -0.15) is 24.5 Å². The van der Waals surface area contributed by atoms with Crippen LogP contribution >= 0.6 is 11.3 Å². The summed E-state index contributed by atoms with van der Waals surface area (Å²) in [6, 6.07) is 9.63. The van der Waals surface area contributed by atoms with Gasteiger partial charge in [0.2, 0.25) is 0 Å². The molecule has 0 radical (unpaired) electrons. The molecule has 2 aromatic carbocycles. The van der Waals surface area contributed by atoms with Crippen LogP contribution in [-0.4, -0.2) is 20.2 Å². The van der Waals surface area contributed by atoms with E-state index in [9.17, 15) is 26.4 Å². The second-order valence-electron chi connectivity index (χ2n) is 6.28. The first-order chi connectivity index (χ1) is 14.1. The van der Waals surface area contributed by atoms with Crippen LogP contribution in [0.4, 0.5) is 29.3 Å². The standard InChI is InChI=1S/C20H17F3N2O3S2/c1-2-30(27,28)16-6-7-17(13-8-9-29-12-13)18(11-16)25-19(26)24-15-5-3-4-14(10-15)20(21,22)23/h3-12H,2H2,1H3,(H2,24,25,26). The van der Waals surface area contributed by atoms with E-state index in [0.717, 1.165) is 17.7 Å². The highest BCUT2D eigenvalue weighted by atomic mass is 32.2. The molecule has 30 heavy (non-hydrogen) atoms. The van der Waals surface area contributed by atoms with Gasteiger partial charge in [-0.05, 0) is 52.7 Å². The van der Waals surface area contributed by atoms with Crippen molar-refractivity contribution in [1.29, 1.82) is 0 Å². The fraction of sp³-hybridized carbons (Fsp3) is 0.150. The second-order valence-corrected chi connectivity index (χ2v) is 9.34. The molecule has 0 saturated heterocycles. The molecule has 0 fully saturated rings. The fourth-order valence-corrected chi connectivity index (χ4v) is 4.28. The number of halogens is 3. The SMILES string of the molecule is CCS(=O)(=O)c1ccc(-c2ccsc2)c(NC(=O)Nc2cccc(C(F)(F)F)c2)c1. The van der Waals surface area contributed by atoms with Gasteiger partial charge in [0.25, 0.3) is 0 Å². The van der Waals surface area contributed by atoms with Crippen LogP contribution in [0.15, 0.2) is 64.2 Å². The van der Waals surface area contributed by atoms with E-state index in [-0.39, 0.29) is 22.0 Å². The van der Waals surface area contributed by atoms with Crippen LogP contribution in [0.5, 0.6) is 0 Å². The van der Waals surface area contributed by atoms with Crippen molar-refractivity contribution in [2.75, 3.05) is 16.4 Å². The highest BCUT2D eigenvalue weighted by Crippen LogP contribution is 2.33. The average Bonchev–Trinajstić information content (AvgIpc) is 3.22. The van der Waals surface area contributed by atoms with E-state index in [1.165, 1.54) is 42.5 Å². The number of nitrogens with one attached hydrogen (secondary N) is 2. The number of benzene rings is 2. The number of urea groups is 1. The summed E-state index contributed by atoms with van der Waals surface area (Å²) in [6.07, 6.45) is -4.54. The van der Waals surface area contributed by atoms with Crippen LogP contribution in [-0.2, 0) is 16.0 Å². The summed E-state index contributed by atoms with van der Waals surface area (Å²) in [6.45, 7) is 1.51. The molecule has 158 valence electrons. The van der Waals surface area contributed by atoms with Crippen LogP contribution in [0.25, 0.3) is 11.1 Å². The number of thiophene rings is 1. The number of rotatable bonds is 5. The van der Waals surface area contributed by atoms with Gasteiger partial charge in [0, 0.05) is 11.3 Å². The molecule has 0 atom stereocenters. The first-order valence-electron chi connectivity index (χ1n) is 8.75. The molecule has 3 rings (SSSR count). The minimum atomic E-state index is -4.54. The topological polar surface area (TPSA) is 75.3 Å². The zero-order valence-electron chi connectivity index (χ0n) is 15.7. The monoisotopic (exact) mass is 454 g/mol. The van der Waals surface area contributed by atoms with Gasteiger partial charge in [0.1, 0.15) is 0 Å². The van der Waals surface area contributed by atoms with Crippen molar-refractivity contribution in [3.05, 3.63) is 64.9 Å². The molecule has 5 nitrogen and oxygen atoms in total. The van der Waals surface area contributed by atoms with Gasteiger partial charge in [-0.1, -0.05) is 19.1 Å². The maximum atomic E-state index is 12.9. The summed E-state index contributed by atoms with van der Waals surface area (Å²) in [5, 5.41) is 8.57. The zero-order valence-corrected chi connectivity index (χ0v) is 17.3. The highest BCUT2D eigenvalue weighted by Gasteiger charge is 2.30. The van der Waals surface area contributed by atoms with Crippen LogP contribution in [0.2, 0.25) is 0 Å². The Morgan fingerprint density at radius 3 is 2.47 bits per heavy atom. The molecule has 0 aliphatic rings. The first kappa shape index (κ1) is 21.8. The van der Waals surface area contributed by atoms with Gasteiger partial charge in [0.05, 0.1) is 21.9 Å². The van der Waals surface area contributed by atoms with Gasteiger partial charge >= 0.3 is 12.2 Å². The zero-order chi connectivity index (χ0) is 21.9. The lowest BCUT2D eigenvalue weighted by molar-refractivity contribution is -0.137. The number of hydrogen-bond donors (Lipinski definition) is 2. The first-order valence-corrected chi connectivity index (χ1v) is 11.3. The normalized spacial score (nSPS) is 11.9. The van der Waals surface area contributed by atoms with E-state index in [2.05, 4.69) is 10.6 Å². The van der Waals surface area contributed by atoms with E-state index >= 15 is 0 Å². The molecular formula is C20H17F3N2O3S2. The minimum absolute atomic E-state index is 0.0401. The Hall–Kier alpha value is -2.85. The lowest BCUT2D eigenvalue weighted by Gasteiger charge is -2.14. The van der Waals surface area contributed by atoms with Crippen LogP contribution in [0.1, 0.15) is 12.5 Å². The molecule has 3 aromatic rings. The molecule has 0 unspecified atom stereocenters. The lowest BCUT2D eigenvalue weighted by Crippen LogP contribution is -2.20. The van der Waals surface area contributed by atoms with Crippen LogP contribution < -0.4 is 10.6 Å². The van der Waals surface area contributed by atoms with Crippen molar-refractivity contribution in [3.8, 4) is 11.1 Å². The molecule has 10 heteroatoms. The molecule has 0 bridgehead atoms. The third-order valence-corrected chi connectivity index (χ3v) is 6.67. The number of hydrogen-bond acceptors (Lipinski definition) is 4. The number of alkyl halides is 3. The maximum absolute atomic E-state index is 12.9. The Morgan fingerprint density at radius 2 is 1.83 bits per heavy atom. The third-order valence-electron chi connectivity index (χ3n) is 4.26. The maximum Gasteiger partial charge on any atom is 0.416 e. The van der Waals surface area contributed by atoms with E-state index in [4.69, 9.17) is 0 Å². The smallest absolute Gasteiger partial charge is 0.308 e. The summed E-state index contributed by atoms with van der Waals surface area (Å²) < 4.78 is 63.1. The summed E-state index contributed by atoms with van der Waals surface area (Å²) in [5.41, 5.74) is 0.653. The highest BCUT2D eigenvalue weighted by molar-refractivity contribution is 7.91. The molecule has 1 heterocycles. The van der Waals surface area contributed by atoms with Crippen LogP contribution in [0, 0.1) is 0 Å². The Morgan fingerprint density at radius 1 is 1.07 bits per heavy atom. The summed E-state index contributed by atoms with van der Waals surface area (Å²) in [7, 11) is -3.52. The molecular weight excluding hydrogens is 437 g/mol. The molecule has 0 aliphatic carbocycles. The largest absolute Gasteiger partial charge is 0.416 e. The Bertz CT molecular complexity index is 1160. The molecule has 1 aromatic heterocycles. The predicted octanol–water partition coefficient (Wildman–Crippen LogP) is 5.87. The van der Waals surface area contributed by atoms with Gasteiger partial charge in [0.15, 0.2) is 9.84 Å². The predicted molar refractivity (Wildman–Crippen MR) is 112 cm³/mol. The molecule has 0 spiro atoms. The number of amides is 2. The Labute approximate surface area is 175 Å². The van der Waals surface area contributed by atoms with E-state index in [1.54, 1.807) is 6.07 Å². The van der Waals surface area contributed by atoms with E-state index < -0.39 is 27.6 Å². The quantitative estimate of drug-likeness (QED) is 0.506. The Kier molecular flexibility index (Phi) is 6.18. The van der Waals surface area contributed by atoms with Crippen molar-refractivity contribution in [2.45, 2.75) is 18.0 Å². The van der Waals surface area contributed by atoms with Gasteiger partial charge < -0.3 is 10.6 Å². The summed E-state index contributed by atoms with van der Waals surface area (Å²) >= 11 is 1.43. The van der Waals surface area contributed by atoms with Crippen molar-refractivity contribution < 1.29 is 26.4 Å². The molecule has 2 amide bonds. The van der Waals surface area contributed by atoms with E-state index in [0.29, 0.717) is 5.56 Å². The summed E-state index contributed by atoms with van der Waals surface area (Å²) in [5.74, 6) is -0.110. The number of anilines is 2. The number of carbonyl (C=O) groups excluding carboxylic acids is 1. The molecule has 0 aliphatic heterocycles. The fourth-order valence-electron chi connectivity index (χ4n) is 2.71. The second kappa shape index (κ2) is 8.49. The number of sulfone groups is 1. The van der Waals surface area contributed by atoms with Gasteiger partial charge in [-0.25, -0.2) is 13.2 Å².